The Kier molecular flexibility index (Phi) is 20.9. The summed E-state index contributed by atoms with van der Waals surface area (Å²) in [5.41, 5.74) is 36.9. The summed E-state index contributed by atoms with van der Waals surface area (Å²) < 4.78 is 49.0. The lowest BCUT2D eigenvalue weighted by Crippen LogP contribution is -2.56. The Morgan fingerprint density at radius 1 is 0.777 bits per heavy atom. The molecule has 8 rings (SSSR count). The van der Waals surface area contributed by atoms with Crippen LogP contribution in [0.5, 0.6) is 0 Å². The van der Waals surface area contributed by atoms with E-state index in [1.54, 1.807) is 13.8 Å². The summed E-state index contributed by atoms with van der Waals surface area (Å²) >= 11 is 0. The molecule has 6 aliphatic heterocycles. The van der Waals surface area contributed by atoms with E-state index in [1.807, 2.05) is 73.6 Å². The number of ether oxygens (including phenoxy) is 1. The van der Waals surface area contributed by atoms with Gasteiger partial charge in [0.05, 0.1) is 24.3 Å². The lowest BCUT2D eigenvalue weighted by molar-refractivity contribution is -0.743. The highest BCUT2D eigenvalue weighted by molar-refractivity contribution is 7.47. The van der Waals surface area contributed by atoms with E-state index in [9.17, 15) is 62.5 Å². The molecule has 0 saturated carbocycles. The van der Waals surface area contributed by atoms with Gasteiger partial charge in [0.2, 0.25) is 53.9 Å². The molecule has 7 amide bonds. The van der Waals surface area contributed by atoms with Crippen molar-refractivity contribution in [2.75, 3.05) is 13.2 Å². The number of aliphatic imine (C=N–C) groups is 3. The second kappa shape index (κ2) is 27.0. The first-order valence-corrected chi connectivity index (χ1v) is 34.4. The number of rotatable bonds is 28. The number of nitrogens with two attached hydrogens (primary N) is 6. The number of aliphatic hydroxyl groups is 1. The van der Waals surface area contributed by atoms with Crippen LogP contribution in [0.15, 0.2) is 67.8 Å². The molecule has 30 nitrogen and oxygen atoms in total. The first-order chi connectivity index (χ1) is 43.5. The number of carbonyl (C=O) groups is 7. The fraction of sp³-hybridized carbons (Fsp3) is 0.629. The van der Waals surface area contributed by atoms with Crippen molar-refractivity contribution in [3.05, 3.63) is 63.9 Å². The number of fused-ring (bicyclic) bond motifs is 7. The number of aryl methyl sites for hydroxylation is 2. The van der Waals surface area contributed by atoms with Crippen LogP contribution in [-0.4, -0.2) is 132 Å². The Labute approximate surface area is 544 Å². The third-order valence-corrected chi connectivity index (χ3v) is 22.5. The number of allylic oxidation sites excluding steroid dienone is 6. The summed E-state index contributed by atoms with van der Waals surface area (Å²) in [6.07, 6.45) is -5.45. The van der Waals surface area contributed by atoms with E-state index in [-0.39, 0.29) is 70.6 Å². The van der Waals surface area contributed by atoms with E-state index >= 15 is 0 Å². The van der Waals surface area contributed by atoms with Crippen molar-refractivity contribution >= 4 is 85.2 Å². The van der Waals surface area contributed by atoms with Crippen LogP contribution < -0.4 is 49.6 Å². The third-order valence-electron chi connectivity index (χ3n) is 20.9. The molecule has 7 heterocycles. The molecule has 2 aromatic rings. The number of nitrogens with one attached hydrogen (secondary N) is 3. The van der Waals surface area contributed by atoms with Crippen molar-refractivity contribution < 1.29 is 85.4 Å². The van der Waals surface area contributed by atoms with Crippen molar-refractivity contribution in [2.24, 2.45) is 94.7 Å². The van der Waals surface area contributed by atoms with Crippen LogP contribution in [0.1, 0.15) is 150 Å². The number of H-pyrrole nitrogens is 1. The number of imidazole rings is 1. The molecule has 0 aliphatic carbocycles. The average Bonchev–Trinajstić information content (AvgIpc) is 1.53. The van der Waals surface area contributed by atoms with Gasteiger partial charge < -0.3 is 69.6 Å². The zero-order chi connectivity index (χ0) is 69.9. The molecule has 19 N–H and O–H groups in total. The van der Waals surface area contributed by atoms with Crippen molar-refractivity contribution in [2.45, 2.75) is 189 Å². The predicted octanol–water partition coefficient (Wildman–Crippen LogP) is 2.70. The van der Waals surface area contributed by atoms with Gasteiger partial charge in [0, 0.05) is 131 Å². The van der Waals surface area contributed by atoms with Gasteiger partial charge in [-0.3, -0.25) is 62.1 Å². The van der Waals surface area contributed by atoms with Crippen LogP contribution in [0, 0.1) is 59.2 Å². The molecule has 2 fully saturated rings. The number of amides is 7. The van der Waals surface area contributed by atoms with Crippen molar-refractivity contribution in [3.8, 4) is 0 Å². The zero-order valence-corrected chi connectivity index (χ0v) is 56.8. The van der Waals surface area contributed by atoms with Crippen LogP contribution in [0.3, 0.4) is 0 Å². The van der Waals surface area contributed by atoms with E-state index in [0.29, 0.717) is 56.4 Å². The van der Waals surface area contributed by atoms with Crippen molar-refractivity contribution in [3.63, 3.8) is 0 Å². The Hall–Kier alpha value is -6.85. The minimum absolute atomic E-state index is 0.0477. The normalized spacial score (nSPS) is 31.4. The summed E-state index contributed by atoms with van der Waals surface area (Å²) in [4.78, 5) is 144. The van der Waals surface area contributed by atoms with Gasteiger partial charge in [-0.15, -0.1) is 0 Å². The topological polar surface area (TPSA) is 508 Å². The van der Waals surface area contributed by atoms with E-state index in [1.165, 1.54) is 17.8 Å². The number of primary amides is 6. The molecule has 2 saturated heterocycles. The summed E-state index contributed by atoms with van der Waals surface area (Å²) in [5, 5.41) is 18.1. The molecule has 6 aliphatic rings. The van der Waals surface area contributed by atoms with Gasteiger partial charge in [-0.2, -0.15) is 4.57 Å². The monoisotopic (exact) mass is 1350 g/mol. The molecule has 94 heavy (non-hydrogen) atoms. The van der Waals surface area contributed by atoms with E-state index in [4.69, 9.17) is 67.7 Å². The first-order valence-electron chi connectivity index (χ1n) is 31.4. The Morgan fingerprint density at radius 2 is 1.37 bits per heavy atom. The van der Waals surface area contributed by atoms with Crippen LogP contribution in [0.2, 0.25) is 0 Å². The van der Waals surface area contributed by atoms with Gasteiger partial charge in [-0.05, 0) is 108 Å². The highest BCUT2D eigenvalue weighted by Crippen LogP contribution is 2.63. The standard InChI is InChI=1S/C62H91N13O17P2/c1-29-20-39-40(21-30(29)2)75(28-70-39)57-52(83)53(41(90-57)27-89-93(84,85)86)92-94(87,88)91-31(3)26-69-49(82)18-19-59(8)37(22-46(66)79)56-62(11)61(10,25-48(68)81)36(14-17-45(65)78)51(74-62)33(5)55-60(9,24-47(67)80)34(12-15-43(63)76)38(71-55)23-42-58(6,7)35(13-16-44(64)77)50(72-42)32(4)54(59)73-56/h20-21,23,28,31,34-37,41,52-53,56-57,83H,12-19,22,24-27H2,1-11H3,(H17,63,64,65,66,67,68,69,71,72,73,74,76,77,78,79,80,81,82,84,85,86,87,88)/p+1/t31-,34-,35-,36-,37+,41-,52-,53-,56-,57+,59-,60+,61+,62+/m1/s1. The van der Waals surface area contributed by atoms with E-state index in [0.717, 1.165) is 11.1 Å². The largest absolute Gasteiger partial charge is 0.472 e. The summed E-state index contributed by atoms with van der Waals surface area (Å²) in [5.74, 6) is -7.45. The highest BCUT2D eigenvalue weighted by Gasteiger charge is 2.66. The number of hydrogen-bond acceptors (Lipinski definition) is 18. The second-order valence-corrected chi connectivity index (χ2v) is 30.3. The molecule has 516 valence electrons. The molecule has 1 aromatic carbocycles. The molecular weight excluding hydrogens is 1260 g/mol. The molecule has 15 atom stereocenters. The Bertz CT molecular complexity index is 3740. The van der Waals surface area contributed by atoms with Gasteiger partial charge in [-0.1, -0.05) is 34.6 Å². The van der Waals surface area contributed by atoms with Crippen LogP contribution in [0.4, 0.5) is 0 Å². The van der Waals surface area contributed by atoms with Crippen LogP contribution in [-0.2, 0) is 61.0 Å². The maximum absolute atomic E-state index is 14.4. The fourth-order valence-corrected chi connectivity index (χ4v) is 17.2. The average molecular weight is 1350 g/mol. The number of phosphoric ester groups is 2. The third kappa shape index (κ3) is 14.5. The van der Waals surface area contributed by atoms with Gasteiger partial charge >= 0.3 is 15.6 Å². The van der Waals surface area contributed by atoms with Gasteiger partial charge in [-0.25, -0.2) is 14.1 Å². The molecular formula is C62H92N13O17P2+. The zero-order valence-electron chi connectivity index (χ0n) is 55.0. The Balaban J connectivity index is 1.19. The SMILES string of the molecule is CC1=C2N=C(C=C3NC(=C(C)C4=N[C@@](C)([C@@H]5N=C1[C@](C)(CCC(=O)NC[C@@H](C)OP(=O)(O)O[C@H]1[C@@H](O)[C@@H]([n+]6c[nH]c7cc(C)c(C)cc76)O[C@@H]1COP(=O)(O)O)[C@H]5CC(N)=O)[C@@](C)(CC(N)=O)[C@@H]4CCC(N)=O)[C@@](C)(CC(N)=O)[C@@H]3CCC(N)=O)C(C)(C)[C@@H]2CCC(N)=O. The number of aliphatic hydroxyl groups excluding tert-OH is 1. The maximum atomic E-state index is 14.4. The minimum Gasteiger partial charge on any atom is -0.383 e. The first kappa shape index (κ1) is 73.0. The van der Waals surface area contributed by atoms with Gasteiger partial charge in [0.1, 0.15) is 18.3 Å². The van der Waals surface area contributed by atoms with E-state index in [2.05, 4.69) is 15.6 Å². The predicted molar refractivity (Wildman–Crippen MR) is 343 cm³/mol. The quantitative estimate of drug-likeness (QED) is 0.0430. The smallest absolute Gasteiger partial charge is 0.383 e. The number of carbonyl (C=O) groups excluding carboxylic acids is 7. The van der Waals surface area contributed by atoms with Crippen LogP contribution >= 0.6 is 15.6 Å². The molecule has 1 unspecified atom stereocenters. The number of nitrogens with zero attached hydrogens (tertiary/aromatic N) is 4. The number of hydrogen-bond donors (Lipinski definition) is 13. The highest BCUT2D eigenvalue weighted by atomic mass is 31.2. The second-order valence-electron chi connectivity index (χ2n) is 27.7. The van der Waals surface area contributed by atoms with Gasteiger partial charge in [0.15, 0.2) is 11.0 Å². The number of phosphoric acid groups is 2. The molecule has 0 radical (unpaired) electrons. The lowest BCUT2D eigenvalue weighted by Gasteiger charge is -2.48. The summed E-state index contributed by atoms with van der Waals surface area (Å²) in [7, 11) is -10.4. The number of aromatic nitrogens is 2. The van der Waals surface area contributed by atoms with Crippen LogP contribution in [0.25, 0.3) is 11.0 Å². The molecule has 0 spiro atoms. The maximum Gasteiger partial charge on any atom is 0.472 e. The fourth-order valence-electron chi connectivity index (χ4n) is 15.7. The van der Waals surface area contributed by atoms with E-state index < -0.39 is 158 Å². The molecule has 32 heteroatoms. The summed E-state index contributed by atoms with van der Waals surface area (Å²) in [6, 6.07) is 2.61. The van der Waals surface area contributed by atoms with Crippen molar-refractivity contribution in [1.29, 1.82) is 0 Å². The van der Waals surface area contributed by atoms with Gasteiger partial charge in [0.25, 0.3) is 0 Å². The minimum atomic E-state index is -5.25. The lowest BCUT2D eigenvalue weighted by atomic mass is 9.55. The molecule has 8 bridgehead atoms. The summed E-state index contributed by atoms with van der Waals surface area (Å²) in [6.45, 7) is 18.7. The molecule has 1 aromatic heterocycles. The number of aromatic amines is 1. The Morgan fingerprint density at radius 3 is 1.96 bits per heavy atom. The van der Waals surface area contributed by atoms with Crippen molar-refractivity contribution in [1.82, 2.24) is 15.6 Å². The number of benzene rings is 1.